The molecular formula is C10H16O2. The summed E-state index contributed by atoms with van der Waals surface area (Å²) in [5, 5.41) is 0. The van der Waals surface area contributed by atoms with E-state index in [1.807, 2.05) is 6.08 Å². The number of esters is 1. The van der Waals surface area contributed by atoms with Gasteiger partial charge in [-0.15, -0.1) is 0 Å². The van der Waals surface area contributed by atoms with E-state index in [0.717, 1.165) is 6.42 Å². The van der Waals surface area contributed by atoms with Gasteiger partial charge in [0, 0.05) is 6.08 Å². The second kappa shape index (κ2) is 6.65. The number of hydrogen-bond acceptors (Lipinski definition) is 2. The molecule has 0 rings (SSSR count). The standard InChI is InChI=1S/C10H16O2/c1-4-9(2)7-5-6-8-10(11)12-3/h5-9H,4H2,1-3H3. The zero-order valence-electron chi connectivity index (χ0n) is 7.91. The van der Waals surface area contributed by atoms with Gasteiger partial charge in [-0.1, -0.05) is 38.5 Å². The lowest BCUT2D eigenvalue weighted by molar-refractivity contribution is -0.134. The number of rotatable bonds is 4. The Morgan fingerprint density at radius 1 is 1.50 bits per heavy atom. The van der Waals surface area contributed by atoms with Gasteiger partial charge in [0.15, 0.2) is 0 Å². The lowest BCUT2D eigenvalue weighted by Crippen LogP contribution is -1.92. The van der Waals surface area contributed by atoms with Crippen molar-refractivity contribution in [2.24, 2.45) is 5.92 Å². The van der Waals surface area contributed by atoms with Crippen LogP contribution in [0.5, 0.6) is 0 Å². The van der Waals surface area contributed by atoms with Crippen molar-refractivity contribution >= 4 is 5.97 Å². The van der Waals surface area contributed by atoms with E-state index < -0.39 is 0 Å². The Kier molecular flexibility index (Phi) is 6.07. The van der Waals surface area contributed by atoms with Crippen LogP contribution in [0.25, 0.3) is 0 Å². The molecule has 68 valence electrons. The van der Waals surface area contributed by atoms with Crippen molar-refractivity contribution in [2.45, 2.75) is 20.3 Å². The SMILES string of the molecule is CCC(C)C=CC=CC(=O)OC. The van der Waals surface area contributed by atoms with Crippen molar-refractivity contribution in [2.75, 3.05) is 7.11 Å². The van der Waals surface area contributed by atoms with Gasteiger partial charge < -0.3 is 4.74 Å². The third-order valence-corrected chi connectivity index (χ3v) is 1.63. The fourth-order valence-electron chi connectivity index (χ4n) is 0.592. The molecule has 2 heteroatoms. The monoisotopic (exact) mass is 168 g/mol. The second-order valence-corrected chi connectivity index (χ2v) is 2.65. The van der Waals surface area contributed by atoms with E-state index in [1.54, 1.807) is 6.08 Å². The Bertz CT molecular complexity index is 180. The Hall–Kier alpha value is -1.05. The van der Waals surface area contributed by atoms with Gasteiger partial charge in [0.2, 0.25) is 0 Å². The largest absolute Gasteiger partial charge is 0.466 e. The molecular weight excluding hydrogens is 152 g/mol. The highest BCUT2D eigenvalue weighted by Crippen LogP contribution is 2.01. The molecule has 0 spiro atoms. The molecule has 0 heterocycles. The second-order valence-electron chi connectivity index (χ2n) is 2.65. The summed E-state index contributed by atoms with van der Waals surface area (Å²) in [7, 11) is 1.37. The van der Waals surface area contributed by atoms with Crippen LogP contribution in [0.2, 0.25) is 0 Å². The minimum atomic E-state index is -0.316. The summed E-state index contributed by atoms with van der Waals surface area (Å²) in [6, 6.07) is 0. The first-order valence-corrected chi connectivity index (χ1v) is 4.13. The Balaban J connectivity index is 3.73. The Labute approximate surface area is 73.9 Å². The Morgan fingerprint density at radius 2 is 2.17 bits per heavy atom. The minimum Gasteiger partial charge on any atom is -0.466 e. The van der Waals surface area contributed by atoms with Crippen molar-refractivity contribution in [3.8, 4) is 0 Å². The molecule has 0 saturated heterocycles. The van der Waals surface area contributed by atoms with Gasteiger partial charge in [-0.3, -0.25) is 0 Å². The zero-order chi connectivity index (χ0) is 9.40. The van der Waals surface area contributed by atoms with E-state index in [4.69, 9.17) is 0 Å². The molecule has 0 aliphatic rings. The molecule has 12 heavy (non-hydrogen) atoms. The van der Waals surface area contributed by atoms with Crippen LogP contribution in [0.1, 0.15) is 20.3 Å². The van der Waals surface area contributed by atoms with Gasteiger partial charge in [-0.2, -0.15) is 0 Å². The average molecular weight is 168 g/mol. The fraction of sp³-hybridized carbons (Fsp3) is 0.500. The molecule has 1 unspecified atom stereocenters. The molecule has 0 aromatic carbocycles. The highest BCUT2D eigenvalue weighted by Gasteiger charge is 1.89. The number of methoxy groups -OCH3 is 1. The maximum Gasteiger partial charge on any atom is 0.330 e. The highest BCUT2D eigenvalue weighted by atomic mass is 16.5. The van der Waals surface area contributed by atoms with Crippen molar-refractivity contribution < 1.29 is 9.53 Å². The topological polar surface area (TPSA) is 26.3 Å². The van der Waals surface area contributed by atoms with E-state index in [-0.39, 0.29) is 5.97 Å². The molecule has 2 nitrogen and oxygen atoms in total. The molecule has 0 N–H and O–H groups in total. The normalized spacial score (nSPS) is 13.9. The first-order chi connectivity index (χ1) is 5.70. The molecule has 0 bridgehead atoms. The van der Waals surface area contributed by atoms with E-state index >= 15 is 0 Å². The zero-order valence-corrected chi connectivity index (χ0v) is 7.91. The average Bonchev–Trinajstić information content (AvgIpc) is 2.11. The van der Waals surface area contributed by atoms with Gasteiger partial charge in [-0.25, -0.2) is 4.79 Å². The van der Waals surface area contributed by atoms with Gasteiger partial charge in [0.25, 0.3) is 0 Å². The quantitative estimate of drug-likeness (QED) is 0.366. The summed E-state index contributed by atoms with van der Waals surface area (Å²) < 4.78 is 4.42. The van der Waals surface area contributed by atoms with Crippen LogP contribution in [-0.4, -0.2) is 13.1 Å². The van der Waals surface area contributed by atoms with Crippen molar-refractivity contribution in [1.29, 1.82) is 0 Å². The summed E-state index contributed by atoms with van der Waals surface area (Å²) in [4.78, 5) is 10.6. The fourth-order valence-corrected chi connectivity index (χ4v) is 0.592. The van der Waals surface area contributed by atoms with Crippen molar-refractivity contribution in [3.05, 3.63) is 24.3 Å². The molecule has 0 fully saturated rings. The van der Waals surface area contributed by atoms with Gasteiger partial charge in [-0.05, 0) is 5.92 Å². The van der Waals surface area contributed by atoms with E-state index in [9.17, 15) is 4.79 Å². The number of hydrogen-bond donors (Lipinski definition) is 0. The maximum absolute atomic E-state index is 10.6. The lowest BCUT2D eigenvalue weighted by Gasteiger charge is -1.96. The summed E-state index contributed by atoms with van der Waals surface area (Å²) >= 11 is 0. The lowest BCUT2D eigenvalue weighted by atomic mass is 10.1. The van der Waals surface area contributed by atoms with Gasteiger partial charge >= 0.3 is 5.97 Å². The smallest absolute Gasteiger partial charge is 0.330 e. The van der Waals surface area contributed by atoms with Crippen LogP contribution in [-0.2, 0) is 9.53 Å². The maximum atomic E-state index is 10.6. The summed E-state index contributed by atoms with van der Waals surface area (Å²) in [6.07, 6.45) is 8.13. The minimum absolute atomic E-state index is 0.316. The number of carbonyl (C=O) groups is 1. The number of ether oxygens (including phenoxy) is 1. The molecule has 0 saturated carbocycles. The van der Waals surface area contributed by atoms with E-state index in [0.29, 0.717) is 5.92 Å². The molecule has 0 aromatic rings. The van der Waals surface area contributed by atoms with Crippen LogP contribution in [0.4, 0.5) is 0 Å². The summed E-state index contributed by atoms with van der Waals surface area (Å²) in [5.41, 5.74) is 0. The van der Waals surface area contributed by atoms with Crippen LogP contribution in [0, 0.1) is 5.92 Å². The van der Waals surface area contributed by atoms with Gasteiger partial charge in [0.1, 0.15) is 0 Å². The van der Waals surface area contributed by atoms with Crippen LogP contribution < -0.4 is 0 Å². The summed E-state index contributed by atoms with van der Waals surface area (Å²) in [5.74, 6) is 0.246. The first kappa shape index (κ1) is 11.0. The third-order valence-electron chi connectivity index (χ3n) is 1.63. The van der Waals surface area contributed by atoms with E-state index in [1.165, 1.54) is 13.2 Å². The number of allylic oxidation sites excluding steroid dienone is 3. The van der Waals surface area contributed by atoms with Crippen molar-refractivity contribution in [1.82, 2.24) is 0 Å². The van der Waals surface area contributed by atoms with Crippen LogP contribution in [0.15, 0.2) is 24.3 Å². The highest BCUT2D eigenvalue weighted by molar-refractivity contribution is 5.82. The van der Waals surface area contributed by atoms with Crippen LogP contribution >= 0.6 is 0 Å². The Morgan fingerprint density at radius 3 is 2.67 bits per heavy atom. The predicted molar refractivity (Wildman–Crippen MR) is 49.8 cm³/mol. The van der Waals surface area contributed by atoms with Crippen molar-refractivity contribution in [3.63, 3.8) is 0 Å². The molecule has 0 radical (unpaired) electrons. The molecule has 1 atom stereocenters. The predicted octanol–water partition coefficient (Wildman–Crippen LogP) is 2.32. The van der Waals surface area contributed by atoms with E-state index in [2.05, 4.69) is 24.7 Å². The molecule has 0 aliphatic heterocycles. The molecule has 0 amide bonds. The summed E-state index contributed by atoms with van der Waals surface area (Å²) in [6.45, 7) is 4.25. The molecule has 0 aliphatic carbocycles. The number of carbonyl (C=O) groups excluding carboxylic acids is 1. The van der Waals surface area contributed by atoms with Gasteiger partial charge in [0.05, 0.1) is 7.11 Å². The third kappa shape index (κ3) is 5.71. The molecule has 0 aromatic heterocycles. The van der Waals surface area contributed by atoms with Crippen LogP contribution in [0.3, 0.4) is 0 Å². The first-order valence-electron chi connectivity index (χ1n) is 4.13.